The lowest BCUT2D eigenvalue weighted by Gasteiger charge is -2.30. The molecule has 2 amide bonds. The minimum Gasteiger partial charge on any atom is -0.326 e. The Kier molecular flexibility index (Phi) is 6.39. The highest BCUT2D eigenvalue weighted by atomic mass is 32.2. The first-order valence-corrected chi connectivity index (χ1v) is 11.1. The second kappa shape index (κ2) is 8.78. The maximum absolute atomic E-state index is 12.4. The molecule has 0 aliphatic carbocycles. The lowest BCUT2D eigenvalue weighted by molar-refractivity contribution is -0.121. The molecule has 0 saturated carbocycles. The van der Waals surface area contributed by atoms with Gasteiger partial charge < -0.3 is 10.6 Å². The summed E-state index contributed by atoms with van der Waals surface area (Å²) in [5, 5.41) is 13.0. The summed E-state index contributed by atoms with van der Waals surface area (Å²) in [5.74, 6) is -0.390. The van der Waals surface area contributed by atoms with Gasteiger partial charge >= 0.3 is 0 Å². The number of rotatable bonds is 6. The second-order valence-electron chi connectivity index (χ2n) is 6.49. The smallest absolute Gasteiger partial charge is 0.240 e. The molecule has 11 heteroatoms. The van der Waals surface area contributed by atoms with Crippen LogP contribution in [0.3, 0.4) is 0 Å². The van der Waals surface area contributed by atoms with Gasteiger partial charge in [0, 0.05) is 23.2 Å². The number of likely N-dealkylation sites (tertiary alicyclic amines) is 1. The first kappa shape index (κ1) is 20.4. The van der Waals surface area contributed by atoms with Crippen molar-refractivity contribution in [2.24, 2.45) is 11.1 Å². The van der Waals surface area contributed by atoms with E-state index in [4.69, 9.17) is 5.14 Å². The van der Waals surface area contributed by atoms with Crippen molar-refractivity contribution in [3.63, 3.8) is 0 Å². The fourth-order valence-corrected chi connectivity index (χ4v) is 4.03. The van der Waals surface area contributed by atoms with E-state index >= 15 is 0 Å². The number of piperidine rings is 1. The molecule has 0 bridgehead atoms. The highest BCUT2D eigenvalue weighted by molar-refractivity contribution is 7.89. The Morgan fingerprint density at radius 2 is 1.86 bits per heavy atom. The number of anilines is 2. The number of sulfonamides is 1. The number of hydrogen-bond donors (Lipinski definition) is 3. The number of thiazole rings is 1. The first-order chi connectivity index (χ1) is 13.3. The van der Waals surface area contributed by atoms with Crippen molar-refractivity contribution in [1.82, 2.24) is 9.88 Å². The van der Waals surface area contributed by atoms with Crippen LogP contribution in [0.1, 0.15) is 12.8 Å². The van der Waals surface area contributed by atoms with Gasteiger partial charge in [-0.2, -0.15) is 0 Å². The van der Waals surface area contributed by atoms with E-state index in [1.165, 1.54) is 35.6 Å². The molecule has 9 nitrogen and oxygen atoms in total. The third-order valence-corrected chi connectivity index (χ3v) is 6.07. The van der Waals surface area contributed by atoms with Crippen LogP contribution in [0.15, 0.2) is 40.7 Å². The quantitative estimate of drug-likeness (QED) is 0.636. The monoisotopic (exact) mass is 423 g/mol. The Morgan fingerprint density at radius 1 is 1.18 bits per heavy atom. The second-order valence-corrected chi connectivity index (χ2v) is 8.95. The molecule has 1 aliphatic heterocycles. The molecule has 1 saturated heterocycles. The van der Waals surface area contributed by atoms with E-state index in [9.17, 15) is 18.0 Å². The van der Waals surface area contributed by atoms with E-state index in [0.717, 1.165) is 0 Å². The number of hydrogen-bond acceptors (Lipinski definition) is 7. The molecule has 0 atom stereocenters. The average molecular weight is 424 g/mol. The summed E-state index contributed by atoms with van der Waals surface area (Å²) in [6.07, 6.45) is 2.92. The van der Waals surface area contributed by atoms with Gasteiger partial charge in [0.2, 0.25) is 21.8 Å². The zero-order chi connectivity index (χ0) is 20.1. The van der Waals surface area contributed by atoms with Crippen molar-refractivity contribution >= 4 is 44.0 Å². The fourth-order valence-electron chi connectivity index (χ4n) is 2.97. The van der Waals surface area contributed by atoms with Gasteiger partial charge in [-0.3, -0.25) is 14.5 Å². The molecule has 150 valence electrons. The normalized spacial score (nSPS) is 15.9. The summed E-state index contributed by atoms with van der Waals surface area (Å²) in [4.78, 5) is 30.5. The zero-order valence-corrected chi connectivity index (χ0v) is 16.6. The molecule has 2 heterocycles. The Hall–Kier alpha value is -2.34. The summed E-state index contributed by atoms with van der Waals surface area (Å²) in [6, 6.07) is 5.73. The van der Waals surface area contributed by atoms with Gasteiger partial charge in [0.25, 0.3) is 0 Å². The van der Waals surface area contributed by atoms with Gasteiger partial charge in [-0.05, 0) is 50.2 Å². The van der Waals surface area contributed by atoms with Gasteiger partial charge in [-0.15, -0.1) is 11.3 Å². The maximum Gasteiger partial charge on any atom is 0.240 e. The summed E-state index contributed by atoms with van der Waals surface area (Å²) in [6.45, 7) is 1.56. The number of nitrogens with zero attached hydrogens (tertiary/aromatic N) is 2. The van der Waals surface area contributed by atoms with Crippen molar-refractivity contribution < 1.29 is 18.0 Å². The van der Waals surface area contributed by atoms with E-state index in [2.05, 4.69) is 15.6 Å². The lowest BCUT2D eigenvalue weighted by atomic mass is 9.96. The van der Waals surface area contributed by atoms with Crippen molar-refractivity contribution in [3.8, 4) is 0 Å². The molecule has 3 rings (SSSR count). The number of benzene rings is 1. The molecule has 28 heavy (non-hydrogen) atoms. The third-order valence-electron chi connectivity index (χ3n) is 4.45. The molecule has 0 radical (unpaired) electrons. The molecule has 1 fully saturated rings. The van der Waals surface area contributed by atoms with Crippen molar-refractivity contribution in [1.29, 1.82) is 0 Å². The Labute approximate surface area is 167 Å². The van der Waals surface area contributed by atoms with E-state index in [0.29, 0.717) is 36.8 Å². The largest absolute Gasteiger partial charge is 0.326 e. The molecular weight excluding hydrogens is 402 g/mol. The number of carbonyl (C=O) groups is 2. The van der Waals surface area contributed by atoms with Crippen LogP contribution in [-0.4, -0.2) is 49.8 Å². The Balaban J connectivity index is 1.45. The molecule has 4 N–H and O–H groups in total. The Bertz CT molecular complexity index is 921. The summed E-state index contributed by atoms with van der Waals surface area (Å²) >= 11 is 1.37. The van der Waals surface area contributed by atoms with E-state index in [1.54, 1.807) is 11.6 Å². The van der Waals surface area contributed by atoms with Gasteiger partial charge in [0.1, 0.15) is 0 Å². The van der Waals surface area contributed by atoms with Gasteiger partial charge in [0.15, 0.2) is 5.13 Å². The summed E-state index contributed by atoms with van der Waals surface area (Å²) < 4.78 is 22.5. The summed E-state index contributed by atoms with van der Waals surface area (Å²) in [7, 11) is -3.76. The van der Waals surface area contributed by atoms with E-state index in [-0.39, 0.29) is 29.2 Å². The van der Waals surface area contributed by atoms with Gasteiger partial charge in [-0.25, -0.2) is 18.5 Å². The first-order valence-electron chi connectivity index (χ1n) is 8.67. The van der Waals surface area contributed by atoms with Crippen molar-refractivity contribution in [2.75, 3.05) is 30.3 Å². The number of primary sulfonamides is 1. The van der Waals surface area contributed by atoms with Gasteiger partial charge in [0.05, 0.1) is 11.4 Å². The molecular formula is C17H21N5O4S2. The minimum absolute atomic E-state index is 0.00479. The molecule has 1 aromatic carbocycles. The predicted octanol–water partition coefficient (Wildman–Crippen LogP) is 1.08. The van der Waals surface area contributed by atoms with E-state index in [1.807, 2.05) is 4.90 Å². The molecule has 1 aromatic heterocycles. The standard InChI is InChI=1S/C17H21N5O4S2/c18-28(25,26)14-3-1-13(2-4-14)20-16(24)12-5-8-22(9-6-12)11-15(23)21-17-19-7-10-27-17/h1-4,7,10,12H,5-6,8-9,11H2,(H,20,24)(H2,18,25,26)(H,19,21,23). The van der Waals surface area contributed by atoms with Crippen LogP contribution in [0.25, 0.3) is 0 Å². The highest BCUT2D eigenvalue weighted by Crippen LogP contribution is 2.20. The molecule has 0 spiro atoms. The number of amides is 2. The number of nitrogens with one attached hydrogen (secondary N) is 2. The van der Waals surface area contributed by atoms with Crippen LogP contribution >= 0.6 is 11.3 Å². The maximum atomic E-state index is 12.4. The van der Waals surface area contributed by atoms with Gasteiger partial charge in [-0.1, -0.05) is 0 Å². The lowest BCUT2D eigenvalue weighted by Crippen LogP contribution is -2.41. The zero-order valence-electron chi connectivity index (χ0n) is 15.0. The average Bonchev–Trinajstić information content (AvgIpc) is 3.15. The third kappa shape index (κ3) is 5.58. The topological polar surface area (TPSA) is 134 Å². The number of nitrogens with two attached hydrogens (primary N) is 1. The highest BCUT2D eigenvalue weighted by Gasteiger charge is 2.26. The Morgan fingerprint density at radius 3 is 2.43 bits per heavy atom. The van der Waals surface area contributed by atoms with Crippen LogP contribution < -0.4 is 15.8 Å². The van der Waals surface area contributed by atoms with Crippen LogP contribution in [0.5, 0.6) is 0 Å². The molecule has 2 aromatic rings. The summed E-state index contributed by atoms with van der Waals surface area (Å²) in [5.41, 5.74) is 0.516. The fraction of sp³-hybridized carbons (Fsp3) is 0.353. The van der Waals surface area contributed by atoms with Crippen LogP contribution in [0.2, 0.25) is 0 Å². The minimum atomic E-state index is -3.76. The van der Waals surface area contributed by atoms with Crippen LogP contribution in [0, 0.1) is 5.92 Å². The van der Waals surface area contributed by atoms with Crippen molar-refractivity contribution in [3.05, 3.63) is 35.8 Å². The van der Waals surface area contributed by atoms with Crippen LogP contribution in [-0.2, 0) is 19.6 Å². The van der Waals surface area contributed by atoms with E-state index < -0.39 is 10.0 Å². The number of carbonyl (C=O) groups excluding carboxylic acids is 2. The van der Waals surface area contributed by atoms with Crippen molar-refractivity contribution in [2.45, 2.75) is 17.7 Å². The molecule has 1 aliphatic rings. The predicted molar refractivity (Wildman–Crippen MR) is 106 cm³/mol. The molecule has 0 unspecified atom stereocenters. The SMILES string of the molecule is NS(=O)(=O)c1ccc(NC(=O)C2CCN(CC(=O)Nc3nccs3)CC2)cc1. The number of aromatic nitrogens is 1. The van der Waals surface area contributed by atoms with Crippen LogP contribution in [0.4, 0.5) is 10.8 Å².